The molecule has 118 valence electrons. The van der Waals surface area contributed by atoms with E-state index in [0.717, 1.165) is 11.1 Å². The lowest BCUT2D eigenvalue weighted by molar-refractivity contribution is -0.138. The third-order valence-corrected chi connectivity index (χ3v) is 4.98. The summed E-state index contributed by atoms with van der Waals surface area (Å²) in [6, 6.07) is 4.19. The van der Waals surface area contributed by atoms with Gasteiger partial charge in [0, 0.05) is 6.04 Å². The third-order valence-electron chi connectivity index (χ3n) is 3.51. The molecule has 21 heavy (non-hydrogen) atoms. The fourth-order valence-corrected chi connectivity index (χ4v) is 3.36. The number of hydrogen-bond donors (Lipinski definition) is 2. The van der Waals surface area contributed by atoms with E-state index in [-0.39, 0.29) is 11.3 Å². The van der Waals surface area contributed by atoms with Crippen molar-refractivity contribution < 1.29 is 18.3 Å². The molecule has 0 aromatic heterocycles. The number of carboxylic acids is 1. The van der Waals surface area contributed by atoms with E-state index >= 15 is 0 Å². The van der Waals surface area contributed by atoms with Gasteiger partial charge >= 0.3 is 5.97 Å². The van der Waals surface area contributed by atoms with Crippen LogP contribution in [-0.2, 0) is 14.8 Å². The van der Waals surface area contributed by atoms with Gasteiger partial charge in [0.1, 0.15) is 0 Å². The Morgan fingerprint density at radius 1 is 1.24 bits per heavy atom. The van der Waals surface area contributed by atoms with Crippen LogP contribution in [0.25, 0.3) is 0 Å². The molecule has 1 aromatic rings. The molecule has 0 bridgehead atoms. The molecule has 1 atom stereocenters. The molecule has 2 N–H and O–H groups in total. The van der Waals surface area contributed by atoms with Gasteiger partial charge in [-0.2, -0.15) is 0 Å². The van der Waals surface area contributed by atoms with E-state index in [2.05, 4.69) is 4.72 Å². The molecule has 0 amide bonds. The first kappa shape index (κ1) is 17.7. The molecular formula is C15H23NO4S. The Balaban J connectivity index is 3.11. The van der Waals surface area contributed by atoms with Crippen molar-refractivity contribution in [3.63, 3.8) is 0 Å². The van der Waals surface area contributed by atoms with Gasteiger partial charge in [0.15, 0.2) is 0 Å². The van der Waals surface area contributed by atoms with Gasteiger partial charge in [-0.05, 0) is 42.5 Å². The Labute approximate surface area is 126 Å². The highest BCUT2D eigenvalue weighted by atomic mass is 32.2. The second-order valence-corrected chi connectivity index (χ2v) is 8.10. The highest BCUT2D eigenvalue weighted by Gasteiger charge is 2.31. The predicted molar refractivity (Wildman–Crippen MR) is 81.7 cm³/mol. The molecule has 0 aliphatic carbocycles. The largest absolute Gasteiger partial charge is 0.481 e. The van der Waals surface area contributed by atoms with Crippen LogP contribution in [0.4, 0.5) is 0 Å². The van der Waals surface area contributed by atoms with E-state index in [1.807, 2.05) is 34.6 Å². The summed E-state index contributed by atoms with van der Waals surface area (Å²) < 4.78 is 27.4. The predicted octanol–water partition coefficient (Wildman–Crippen LogP) is 2.47. The maximum absolute atomic E-state index is 12.4. The standard InChI is InChI=1S/C15H23NO4S/c1-10-6-7-12(8-11(10)2)21(19,20)16-13(9-14(17)18)15(3,4)5/h6-8,13,16H,9H2,1-5H3,(H,17,18). The number of carbonyl (C=O) groups is 1. The second kappa shape index (κ2) is 6.15. The van der Waals surface area contributed by atoms with Crippen LogP contribution < -0.4 is 4.72 Å². The molecule has 0 aliphatic rings. The molecule has 0 aliphatic heterocycles. The van der Waals surface area contributed by atoms with Gasteiger partial charge < -0.3 is 5.11 Å². The van der Waals surface area contributed by atoms with Gasteiger partial charge in [0.25, 0.3) is 0 Å². The molecule has 1 rings (SSSR count). The number of aryl methyl sites for hydroxylation is 2. The number of benzene rings is 1. The van der Waals surface area contributed by atoms with Crippen molar-refractivity contribution in [2.75, 3.05) is 0 Å². The van der Waals surface area contributed by atoms with Crippen LogP contribution in [0.1, 0.15) is 38.3 Å². The molecule has 1 unspecified atom stereocenters. The third kappa shape index (κ3) is 4.82. The Bertz CT molecular complexity index is 630. The quantitative estimate of drug-likeness (QED) is 0.874. The van der Waals surface area contributed by atoms with Crippen LogP contribution in [0.2, 0.25) is 0 Å². The van der Waals surface area contributed by atoms with Gasteiger partial charge in [0.2, 0.25) is 10.0 Å². The normalized spacial score (nSPS) is 14.0. The lowest BCUT2D eigenvalue weighted by Crippen LogP contribution is -2.44. The second-order valence-electron chi connectivity index (χ2n) is 6.38. The first-order valence-corrected chi connectivity index (χ1v) is 8.23. The van der Waals surface area contributed by atoms with Gasteiger partial charge in [-0.3, -0.25) is 4.79 Å². The molecular weight excluding hydrogens is 290 g/mol. The lowest BCUT2D eigenvalue weighted by Gasteiger charge is -2.30. The summed E-state index contributed by atoms with van der Waals surface area (Å²) in [5, 5.41) is 8.96. The van der Waals surface area contributed by atoms with Crippen LogP contribution in [-0.4, -0.2) is 25.5 Å². The van der Waals surface area contributed by atoms with Crippen molar-refractivity contribution in [2.24, 2.45) is 5.41 Å². The number of sulfonamides is 1. The summed E-state index contributed by atoms with van der Waals surface area (Å²) in [5.74, 6) is -1.03. The summed E-state index contributed by atoms with van der Waals surface area (Å²) >= 11 is 0. The Morgan fingerprint density at radius 2 is 1.81 bits per heavy atom. The maximum atomic E-state index is 12.4. The average Bonchev–Trinajstić information content (AvgIpc) is 2.29. The van der Waals surface area contributed by atoms with Crippen LogP contribution in [0, 0.1) is 19.3 Å². The molecule has 0 spiro atoms. The molecule has 5 nitrogen and oxygen atoms in total. The molecule has 0 saturated heterocycles. The smallest absolute Gasteiger partial charge is 0.304 e. The summed E-state index contributed by atoms with van der Waals surface area (Å²) in [6.07, 6.45) is -0.256. The van der Waals surface area contributed by atoms with Crippen molar-refractivity contribution >= 4 is 16.0 Å². The monoisotopic (exact) mass is 313 g/mol. The van der Waals surface area contributed by atoms with Crippen LogP contribution >= 0.6 is 0 Å². The first-order valence-electron chi connectivity index (χ1n) is 6.75. The van der Waals surface area contributed by atoms with E-state index < -0.39 is 27.4 Å². The van der Waals surface area contributed by atoms with Crippen molar-refractivity contribution in [3.8, 4) is 0 Å². The summed E-state index contributed by atoms with van der Waals surface area (Å²) in [5.41, 5.74) is 1.39. The van der Waals surface area contributed by atoms with Crippen molar-refractivity contribution in [3.05, 3.63) is 29.3 Å². The SMILES string of the molecule is Cc1ccc(S(=O)(=O)NC(CC(=O)O)C(C)(C)C)cc1C. The van der Waals surface area contributed by atoms with E-state index in [1.165, 1.54) is 6.07 Å². The first-order chi connectivity index (χ1) is 9.43. The highest BCUT2D eigenvalue weighted by molar-refractivity contribution is 7.89. The van der Waals surface area contributed by atoms with Crippen molar-refractivity contribution in [2.45, 2.75) is 52.0 Å². The zero-order valence-corrected chi connectivity index (χ0v) is 13.9. The van der Waals surface area contributed by atoms with Crippen LogP contribution in [0.5, 0.6) is 0 Å². The summed E-state index contributed by atoms with van der Waals surface area (Å²) in [6.45, 7) is 9.17. The van der Waals surface area contributed by atoms with Crippen LogP contribution in [0.15, 0.2) is 23.1 Å². The van der Waals surface area contributed by atoms with E-state index in [9.17, 15) is 13.2 Å². The lowest BCUT2D eigenvalue weighted by atomic mass is 9.85. The van der Waals surface area contributed by atoms with Gasteiger partial charge in [-0.15, -0.1) is 0 Å². The molecule has 0 fully saturated rings. The van der Waals surface area contributed by atoms with Gasteiger partial charge in [-0.25, -0.2) is 13.1 Å². The maximum Gasteiger partial charge on any atom is 0.304 e. The van der Waals surface area contributed by atoms with Crippen molar-refractivity contribution in [1.29, 1.82) is 0 Å². The number of hydrogen-bond acceptors (Lipinski definition) is 3. The Hall–Kier alpha value is -1.40. The van der Waals surface area contributed by atoms with Crippen molar-refractivity contribution in [1.82, 2.24) is 4.72 Å². The van der Waals surface area contributed by atoms with Gasteiger partial charge in [0.05, 0.1) is 11.3 Å². The molecule has 0 heterocycles. The number of nitrogens with one attached hydrogen (secondary N) is 1. The topological polar surface area (TPSA) is 83.5 Å². The van der Waals surface area contributed by atoms with E-state index in [4.69, 9.17) is 5.11 Å². The average molecular weight is 313 g/mol. The molecule has 0 saturated carbocycles. The molecule has 1 aromatic carbocycles. The van der Waals surface area contributed by atoms with Crippen LogP contribution in [0.3, 0.4) is 0 Å². The van der Waals surface area contributed by atoms with E-state index in [0.29, 0.717) is 0 Å². The fraction of sp³-hybridized carbons (Fsp3) is 0.533. The number of carboxylic acid groups (broad SMARTS) is 1. The highest BCUT2D eigenvalue weighted by Crippen LogP contribution is 2.24. The number of aliphatic carboxylic acids is 1. The fourth-order valence-electron chi connectivity index (χ4n) is 1.84. The van der Waals surface area contributed by atoms with Gasteiger partial charge in [-0.1, -0.05) is 26.8 Å². The van der Waals surface area contributed by atoms with E-state index in [1.54, 1.807) is 12.1 Å². The molecule has 6 heteroatoms. The number of rotatable bonds is 5. The zero-order valence-electron chi connectivity index (χ0n) is 13.1. The zero-order chi connectivity index (χ0) is 16.4. The summed E-state index contributed by atoms with van der Waals surface area (Å²) in [4.78, 5) is 11.1. The minimum atomic E-state index is -3.74. The summed E-state index contributed by atoms with van der Waals surface area (Å²) in [7, 11) is -3.74. The Kier molecular flexibility index (Phi) is 5.17. The molecule has 0 radical (unpaired) electrons. The minimum Gasteiger partial charge on any atom is -0.481 e. The minimum absolute atomic E-state index is 0.158. The Morgan fingerprint density at radius 3 is 2.24 bits per heavy atom.